The lowest BCUT2D eigenvalue weighted by molar-refractivity contribution is -0.0436. The molecule has 0 fully saturated rings. The Morgan fingerprint density at radius 3 is 2.15 bits per heavy atom. The Labute approximate surface area is 150 Å². The van der Waals surface area contributed by atoms with Crippen LogP contribution in [0.3, 0.4) is 0 Å². The summed E-state index contributed by atoms with van der Waals surface area (Å²) < 4.78 is 65.8. The van der Waals surface area contributed by atoms with Crippen LogP contribution in [0.25, 0.3) is 11.4 Å². The fraction of sp³-hybridized carbons (Fsp3) is 0.412. The molecule has 1 aromatic heterocycles. The molecule has 142 valence electrons. The molecule has 0 spiro atoms. The first kappa shape index (κ1) is 20.2. The van der Waals surface area contributed by atoms with Crippen LogP contribution in [0.4, 0.5) is 13.2 Å². The average Bonchev–Trinajstić information content (AvgIpc) is 2.61. The van der Waals surface area contributed by atoms with Crippen LogP contribution in [-0.2, 0) is 9.84 Å². The van der Waals surface area contributed by atoms with Gasteiger partial charge in [0.2, 0.25) is 0 Å². The van der Waals surface area contributed by atoms with Gasteiger partial charge in [-0.25, -0.2) is 18.4 Å². The number of alkyl halides is 3. The number of rotatable bonds is 8. The summed E-state index contributed by atoms with van der Waals surface area (Å²) in [6, 6.07) is 4.25. The molecule has 0 unspecified atom stereocenters. The number of sulfone groups is 1. The predicted molar refractivity (Wildman–Crippen MR) is 90.3 cm³/mol. The lowest BCUT2D eigenvalue weighted by Gasteiger charge is -2.09. The van der Waals surface area contributed by atoms with E-state index in [-0.39, 0.29) is 5.82 Å². The Morgan fingerprint density at radius 2 is 1.62 bits per heavy atom. The van der Waals surface area contributed by atoms with E-state index in [4.69, 9.17) is 4.74 Å². The molecule has 0 aliphatic heterocycles. The van der Waals surface area contributed by atoms with Crippen molar-refractivity contribution in [2.45, 2.75) is 43.0 Å². The van der Waals surface area contributed by atoms with E-state index in [0.29, 0.717) is 17.9 Å². The summed E-state index contributed by atoms with van der Waals surface area (Å²) in [5.74, 6) is 0.765. The maximum absolute atomic E-state index is 12.5. The van der Waals surface area contributed by atoms with Crippen LogP contribution in [0.2, 0.25) is 0 Å². The number of benzene rings is 1. The van der Waals surface area contributed by atoms with Gasteiger partial charge in [-0.15, -0.1) is 0 Å². The summed E-state index contributed by atoms with van der Waals surface area (Å²) in [5, 5.41) is 0. The SMILES string of the molecule is CCCCCCOc1cnc(-c2ccc(S(=O)(=O)C(F)(F)F)cc2)nc1. The van der Waals surface area contributed by atoms with E-state index in [1.54, 1.807) is 0 Å². The number of aromatic nitrogens is 2. The number of halogens is 3. The van der Waals surface area contributed by atoms with Gasteiger partial charge in [-0.1, -0.05) is 26.2 Å². The number of unbranched alkanes of at least 4 members (excludes halogenated alkanes) is 3. The standard InChI is InChI=1S/C17H19F3N2O3S/c1-2-3-4-5-10-25-14-11-21-16(22-12-14)13-6-8-15(9-7-13)26(23,24)17(18,19)20/h6-9,11-12H,2-5,10H2,1H3. The molecule has 0 amide bonds. The molecule has 2 aromatic rings. The van der Waals surface area contributed by atoms with Crippen LogP contribution in [0.15, 0.2) is 41.6 Å². The van der Waals surface area contributed by atoms with E-state index >= 15 is 0 Å². The summed E-state index contributed by atoms with van der Waals surface area (Å²) in [7, 11) is -5.36. The van der Waals surface area contributed by atoms with Gasteiger partial charge in [0.15, 0.2) is 11.6 Å². The lowest BCUT2D eigenvalue weighted by Crippen LogP contribution is -2.23. The third-order valence-electron chi connectivity index (χ3n) is 3.62. The van der Waals surface area contributed by atoms with E-state index in [2.05, 4.69) is 16.9 Å². The molecule has 9 heteroatoms. The molecule has 0 saturated carbocycles. The van der Waals surface area contributed by atoms with Gasteiger partial charge in [0.05, 0.1) is 23.9 Å². The Morgan fingerprint density at radius 1 is 1.00 bits per heavy atom. The van der Waals surface area contributed by atoms with Crippen molar-refractivity contribution < 1.29 is 26.3 Å². The molecular weight excluding hydrogens is 369 g/mol. The third-order valence-corrected chi connectivity index (χ3v) is 5.12. The summed E-state index contributed by atoms with van der Waals surface area (Å²) in [6.45, 7) is 2.69. The van der Waals surface area contributed by atoms with Crippen molar-refractivity contribution in [1.82, 2.24) is 9.97 Å². The molecule has 1 aromatic carbocycles. The quantitative estimate of drug-likeness (QED) is 0.627. The molecule has 0 bridgehead atoms. The van der Waals surface area contributed by atoms with E-state index < -0.39 is 20.2 Å². The average molecular weight is 388 g/mol. The molecule has 0 saturated heterocycles. The zero-order valence-corrected chi connectivity index (χ0v) is 15.0. The monoisotopic (exact) mass is 388 g/mol. The number of ether oxygens (including phenoxy) is 1. The van der Waals surface area contributed by atoms with Crippen LogP contribution in [0.5, 0.6) is 5.75 Å². The van der Waals surface area contributed by atoms with Crippen molar-refractivity contribution in [2.24, 2.45) is 0 Å². The highest BCUT2D eigenvalue weighted by Gasteiger charge is 2.46. The molecule has 0 atom stereocenters. The second kappa shape index (κ2) is 8.48. The molecule has 0 radical (unpaired) electrons. The van der Waals surface area contributed by atoms with Gasteiger partial charge >= 0.3 is 5.51 Å². The largest absolute Gasteiger partial charge is 0.501 e. The van der Waals surface area contributed by atoms with Gasteiger partial charge < -0.3 is 4.74 Å². The fourth-order valence-corrected chi connectivity index (χ4v) is 2.94. The second-order valence-corrected chi connectivity index (χ2v) is 7.57. The molecule has 0 aliphatic carbocycles. The van der Waals surface area contributed by atoms with Gasteiger partial charge in [0.25, 0.3) is 9.84 Å². The first-order valence-corrected chi connectivity index (χ1v) is 9.60. The summed E-state index contributed by atoms with van der Waals surface area (Å²) in [5.41, 5.74) is -4.93. The van der Waals surface area contributed by atoms with Crippen molar-refractivity contribution in [3.8, 4) is 17.1 Å². The van der Waals surface area contributed by atoms with Crippen molar-refractivity contribution in [3.63, 3.8) is 0 Å². The molecule has 5 nitrogen and oxygen atoms in total. The van der Waals surface area contributed by atoms with E-state index in [1.165, 1.54) is 24.5 Å². The Kier molecular flexibility index (Phi) is 6.57. The summed E-state index contributed by atoms with van der Waals surface area (Å²) >= 11 is 0. The van der Waals surface area contributed by atoms with Crippen molar-refractivity contribution in [2.75, 3.05) is 6.61 Å². The number of hydrogen-bond donors (Lipinski definition) is 0. The summed E-state index contributed by atoms with van der Waals surface area (Å²) in [4.78, 5) is 7.37. The topological polar surface area (TPSA) is 69.2 Å². The molecule has 0 aliphatic rings. The molecular formula is C17H19F3N2O3S. The molecule has 26 heavy (non-hydrogen) atoms. The Hall–Kier alpha value is -2.16. The first-order chi connectivity index (χ1) is 12.3. The first-order valence-electron chi connectivity index (χ1n) is 8.12. The van der Waals surface area contributed by atoms with Crippen LogP contribution in [-0.4, -0.2) is 30.5 Å². The minimum Gasteiger partial charge on any atom is -0.490 e. The predicted octanol–water partition coefficient (Wildman–Crippen LogP) is 4.40. The minimum absolute atomic E-state index is 0.263. The zero-order valence-electron chi connectivity index (χ0n) is 14.2. The molecule has 2 rings (SSSR count). The minimum atomic E-state index is -5.36. The van der Waals surface area contributed by atoms with Gasteiger partial charge in [0, 0.05) is 5.56 Å². The van der Waals surface area contributed by atoms with Crippen LogP contribution in [0, 0.1) is 0 Å². The maximum Gasteiger partial charge on any atom is 0.501 e. The van der Waals surface area contributed by atoms with Gasteiger partial charge in [-0.3, -0.25) is 0 Å². The van der Waals surface area contributed by atoms with Gasteiger partial charge in [-0.2, -0.15) is 13.2 Å². The van der Waals surface area contributed by atoms with Crippen LogP contribution >= 0.6 is 0 Å². The van der Waals surface area contributed by atoms with Crippen LogP contribution in [0.1, 0.15) is 32.6 Å². The van der Waals surface area contributed by atoms with Crippen LogP contribution < -0.4 is 4.74 Å². The summed E-state index contributed by atoms with van der Waals surface area (Å²) in [6.07, 6.45) is 7.26. The van der Waals surface area contributed by atoms with E-state index in [0.717, 1.165) is 37.8 Å². The maximum atomic E-state index is 12.5. The van der Waals surface area contributed by atoms with Crippen molar-refractivity contribution in [1.29, 1.82) is 0 Å². The highest BCUT2D eigenvalue weighted by atomic mass is 32.2. The second-order valence-electron chi connectivity index (χ2n) is 5.63. The van der Waals surface area contributed by atoms with Crippen molar-refractivity contribution in [3.05, 3.63) is 36.7 Å². The molecule has 1 heterocycles. The third kappa shape index (κ3) is 4.94. The number of hydrogen-bond acceptors (Lipinski definition) is 5. The van der Waals surface area contributed by atoms with Gasteiger partial charge in [0.1, 0.15) is 0 Å². The smallest absolute Gasteiger partial charge is 0.490 e. The highest BCUT2D eigenvalue weighted by Crippen LogP contribution is 2.31. The number of nitrogens with zero attached hydrogens (tertiary/aromatic N) is 2. The normalized spacial score (nSPS) is 12.2. The van der Waals surface area contributed by atoms with E-state index in [1.807, 2.05) is 0 Å². The lowest BCUT2D eigenvalue weighted by atomic mass is 10.2. The molecule has 0 N–H and O–H groups in total. The van der Waals surface area contributed by atoms with E-state index in [9.17, 15) is 21.6 Å². The van der Waals surface area contributed by atoms with Gasteiger partial charge in [-0.05, 0) is 30.7 Å². The fourth-order valence-electron chi connectivity index (χ4n) is 2.18. The zero-order chi connectivity index (χ0) is 19.2. The van der Waals surface area contributed by atoms with Crippen molar-refractivity contribution >= 4 is 9.84 Å². The Balaban J connectivity index is 2.03. The Bertz CT molecular complexity index is 805. The highest BCUT2D eigenvalue weighted by molar-refractivity contribution is 7.92.